The summed E-state index contributed by atoms with van der Waals surface area (Å²) in [5.74, 6) is 1.25. The number of nitrogens with one attached hydrogen (secondary N) is 1. The minimum Gasteiger partial charge on any atom is -0.384 e. The first-order valence-electron chi connectivity index (χ1n) is 5.77. The maximum absolute atomic E-state index is 5.71. The number of hydrogen-bond acceptors (Lipinski definition) is 6. The summed E-state index contributed by atoms with van der Waals surface area (Å²) in [6, 6.07) is 2.54. The van der Waals surface area contributed by atoms with Crippen LogP contribution in [0.4, 0.5) is 11.8 Å². The Morgan fingerprint density at radius 2 is 2.29 bits per heavy atom. The van der Waals surface area contributed by atoms with E-state index in [9.17, 15) is 0 Å². The number of aromatic nitrogens is 2. The number of ether oxygens (including phenoxy) is 1. The molecule has 1 aliphatic heterocycles. The number of rotatable bonds is 5. The molecule has 94 valence electrons. The topological polar surface area (TPSA) is 76.3 Å². The Hall–Kier alpha value is -1.40. The van der Waals surface area contributed by atoms with Crippen molar-refractivity contribution in [2.75, 3.05) is 44.5 Å². The van der Waals surface area contributed by atoms with Gasteiger partial charge in [0.15, 0.2) is 0 Å². The number of nitrogen functional groups attached to an aromatic ring is 1. The molecule has 0 radical (unpaired) electrons. The van der Waals surface area contributed by atoms with Crippen LogP contribution in [-0.4, -0.2) is 49.9 Å². The number of methoxy groups -OCH3 is 1. The largest absolute Gasteiger partial charge is 0.384 e. The van der Waals surface area contributed by atoms with Gasteiger partial charge in [-0.3, -0.25) is 0 Å². The second-order valence-electron chi connectivity index (χ2n) is 4.21. The van der Waals surface area contributed by atoms with Crippen molar-refractivity contribution in [3.63, 3.8) is 0 Å². The molecule has 1 saturated heterocycles. The van der Waals surface area contributed by atoms with Crippen molar-refractivity contribution < 1.29 is 4.74 Å². The molecule has 2 rings (SSSR count). The van der Waals surface area contributed by atoms with Gasteiger partial charge >= 0.3 is 0 Å². The minimum atomic E-state index is 0.335. The first-order chi connectivity index (χ1) is 8.22. The summed E-state index contributed by atoms with van der Waals surface area (Å²) in [6.07, 6.45) is 0.763. The van der Waals surface area contributed by atoms with Crippen molar-refractivity contribution in [2.45, 2.75) is 12.5 Å². The third-order valence-corrected chi connectivity index (χ3v) is 2.96. The van der Waals surface area contributed by atoms with Crippen LogP contribution >= 0.6 is 0 Å². The Balaban J connectivity index is 2.04. The predicted octanol–water partition coefficient (Wildman–Crippen LogP) is -0.344. The van der Waals surface area contributed by atoms with E-state index < -0.39 is 0 Å². The second kappa shape index (κ2) is 5.29. The van der Waals surface area contributed by atoms with Crippen LogP contribution in [0.3, 0.4) is 0 Å². The zero-order valence-electron chi connectivity index (χ0n) is 10.3. The fourth-order valence-electron chi connectivity index (χ4n) is 1.85. The van der Waals surface area contributed by atoms with Gasteiger partial charge in [0.1, 0.15) is 5.82 Å². The lowest BCUT2D eigenvalue weighted by molar-refractivity contribution is 0.201. The third kappa shape index (κ3) is 2.83. The van der Waals surface area contributed by atoms with E-state index in [1.807, 2.05) is 13.1 Å². The zero-order chi connectivity index (χ0) is 12.3. The zero-order valence-corrected chi connectivity index (χ0v) is 10.3. The molecule has 17 heavy (non-hydrogen) atoms. The van der Waals surface area contributed by atoms with Crippen LogP contribution < -0.4 is 16.0 Å². The number of hydrogen-bond donors (Lipinski definition) is 2. The highest BCUT2D eigenvalue weighted by Crippen LogP contribution is 2.20. The summed E-state index contributed by atoms with van der Waals surface area (Å²) < 4.78 is 5.04. The molecule has 0 amide bonds. The maximum atomic E-state index is 5.71. The summed E-state index contributed by atoms with van der Waals surface area (Å²) >= 11 is 0. The highest BCUT2D eigenvalue weighted by molar-refractivity contribution is 5.46. The van der Waals surface area contributed by atoms with Crippen LogP contribution in [0.2, 0.25) is 0 Å². The minimum absolute atomic E-state index is 0.335. The van der Waals surface area contributed by atoms with Crippen molar-refractivity contribution >= 4 is 11.8 Å². The number of anilines is 2. The van der Waals surface area contributed by atoms with Crippen LogP contribution in [-0.2, 0) is 11.2 Å². The molecule has 6 heteroatoms. The second-order valence-corrected chi connectivity index (χ2v) is 4.21. The Morgan fingerprint density at radius 1 is 1.53 bits per heavy atom. The van der Waals surface area contributed by atoms with Crippen LogP contribution in [0.15, 0.2) is 6.07 Å². The van der Waals surface area contributed by atoms with Crippen LogP contribution in [0.5, 0.6) is 0 Å². The number of nitrogens with two attached hydrogens (primary N) is 1. The van der Waals surface area contributed by atoms with Crippen LogP contribution in [0.25, 0.3) is 0 Å². The van der Waals surface area contributed by atoms with E-state index in [1.54, 1.807) is 7.11 Å². The number of likely N-dealkylation sites (N-methyl/N-ethyl adjacent to an activating group) is 1. The van der Waals surface area contributed by atoms with Gasteiger partial charge in [-0.05, 0) is 7.05 Å². The lowest BCUT2D eigenvalue weighted by Gasteiger charge is -2.40. The third-order valence-electron chi connectivity index (χ3n) is 2.96. The lowest BCUT2D eigenvalue weighted by atomic mass is 10.1. The van der Waals surface area contributed by atoms with Gasteiger partial charge in [0.2, 0.25) is 5.95 Å². The van der Waals surface area contributed by atoms with Crippen molar-refractivity contribution in [3.8, 4) is 0 Å². The Kier molecular flexibility index (Phi) is 3.75. The maximum Gasteiger partial charge on any atom is 0.222 e. The first-order valence-corrected chi connectivity index (χ1v) is 5.77. The van der Waals surface area contributed by atoms with E-state index in [0.29, 0.717) is 18.6 Å². The quantitative estimate of drug-likeness (QED) is 0.729. The normalized spacial score (nSPS) is 16.0. The van der Waals surface area contributed by atoms with E-state index in [0.717, 1.165) is 31.0 Å². The highest BCUT2D eigenvalue weighted by atomic mass is 16.5. The SMILES string of the molecule is CNC1CN(c2cc(CCOC)nc(N)n2)C1. The van der Waals surface area contributed by atoms with E-state index in [4.69, 9.17) is 10.5 Å². The molecule has 0 atom stereocenters. The van der Waals surface area contributed by atoms with Crippen LogP contribution in [0, 0.1) is 0 Å². The summed E-state index contributed by atoms with van der Waals surface area (Å²) in [7, 11) is 3.65. The van der Waals surface area contributed by atoms with E-state index >= 15 is 0 Å². The lowest BCUT2D eigenvalue weighted by Crippen LogP contribution is -2.57. The molecular weight excluding hydrogens is 218 g/mol. The molecule has 0 aliphatic carbocycles. The molecule has 0 saturated carbocycles. The van der Waals surface area contributed by atoms with E-state index in [2.05, 4.69) is 20.2 Å². The molecule has 0 aromatic carbocycles. The molecule has 3 N–H and O–H groups in total. The van der Waals surface area contributed by atoms with Gasteiger partial charge in [-0.2, -0.15) is 4.98 Å². The van der Waals surface area contributed by atoms with Gasteiger partial charge in [0, 0.05) is 38.7 Å². The van der Waals surface area contributed by atoms with Crippen molar-refractivity contribution in [1.29, 1.82) is 0 Å². The monoisotopic (exact) mass is 237 g/mol. The predicted molar refractivity (Wildman–Crippen MR) is 67.1 cm³/mol. The van der Waals surface area contributed by atoms with Gasteiger partial charge in [-0.25, -0.2) is 4.98 Å². The fraction of sp³-hybridized carbons (Fsp3) is 0.636. The van der Waals surface area contributed by atoms with E-state index in [-0.39, 0.29) is 0 Å². The summed E-state index contributed by atoms with van der Waals surface area (Å²) in [6.45, 7) is 2.59. The Labute approximate surface area is 101 Å². The van der Waals surface area contributed by atoms with Crippen molar-refractivity contribution in [1.82, 2.24) is 15.3 Å². The highest BCUT2D eigenvalue weighted by Gasteiger charge is 2.26. The average Bonchev–Trinajstić information content (AvgIpc) is 2.24. The van der Waals surface area contributed by atoms with Gasteiger partial charge < -0.3 is 20.7 Å². The number of nitrogens with zero attached hydrogens (tertiary/aromatic N) is 3. The van der Waals surface area contributed by atoms with E-state index in [1.165, 1.54) is 0 Å². The van der Waals surface area contributed by atoms with Gasteiger partial charge in [0.25, 0.3) is 0 Å². The molecule has 0 bridgehead atoms. The van der Waals surface area contributed by atoms with Crippen molar-refractivity contribution in [3.05, 3.63) is 11.8 Å². The Morgan fingerprint density at radius 3 is 2.94 bits per heavy atom. The van der Waals surface area contributed by atoms with Gasteiger partial charge in [0.05, 0.1) is 12.3 Å². The molecule has 1 aromatic rings. The van der Waals surface area contributed by atoms with Gasteiger partial charge in [-0.1, -0.05) is 0 Å². The molecule has 0 spiro atoms. The average molecular weight is 237 g/mol. The standard InChI is InChI=1S/C11H19N5O/c1-13-9-6-16(7-9)10-5-8(3-4-17-2)14-11(12)15-10/h5,9,13H,3-4,6-7H2,1-2H3,(H2,12,14,15). The fourth-order valence-corrected chi connectivity index (χ4v) is 1.85. The first kappa shape index (κ1) is 12.1. The molecule has 1 fully saturated rings. The summed E-state index contributed by atoms with van der Waals surface area (Å²) in [5.41, 5.74) is 6.64. The smallest absolute Gasteiger partial charge is 0.222 e. The van der Waals surface area contributed by atoms with Crippen molar-refractivity contribution in [2.24, 2.45) is 0 Å². The molecule has 1 aromatic heterocycles. The summed E-state index contributed by atoms with van der Waals surface area (Å²) in [5, 5.41) is 3.23. The molecular formula is C11H19N5O. The van der Waals surface area contributed by atoms with Gasteiger partial charge in [-0.15, -0.1) is 0 Å². The molecule has 6 nitrogen and oxygen atoms in total. The van der Waals surface area contributed by atoms with Crippen LogP contribution in [0.1, 0.15) is 5.69 Å². The molecule has 2 heterocycles. The summed E-state index contributed by atoms with van der Waals surface area (Å²) in [4.78, 5) is 10.6. The molecule has 0 unspecified atom stereocenters. The molecule has 1 aliphatic rings. The Bertz CT molecular complexity index is 378.